The fraction of sp³-hybridized carbons (Fsp3) is 0.375. The molecule has 0 amide bonds. The molecule has 1 aromatic rings. The van der Waals surface area contributed by atoms with Crippen LogP contribution in [0.1, 0.15) is 5.56 Å². The van der Waals surface area contributed by atoms with Gasteiger partial charge in [0, 0.05) is 24.8 Å². The lowest BCUT2D eigenvalue weighted by atomic mass is 9.89. The summed E-state index contributed by atoms with van der Waals surface area (Å²) in [6, 6.07) is 3.59. The second kappa shape index (κ2) is 2.43. The number of anilines is 1. The molecule has 1 fully saturated rings. The van der Waals surface area contributed by atoms with Crippen molar-refractivity contribution < 1.29 is 5.11 Å². The fourth-order valence-corrected chi connectivity index (χ4v) is 1.36. The molecule has 0 atom stereocenters. The van der Waals surface area contributed by atoms with Crippen molar-refractivity contribution in [1.82, 2.24) is 10.3 Å². The zero-order valence-corrected chi connectivity index (χ0v) is 6.62. The van der Waals surface area contributed by atoms with Gasteiger partial charge in [0.1, 0.15) is 11.4 Å². The maximum Gasteiger partial charge on any atom is 0.129 e. The Hall–Kier alpha value is -1.13. The lowest BCUT2D eigenvalue weighted by Gasteiger charge is -2.38. The van der Waals surface area contributed by atoms with Crippen LogP contribution in [0.5, 0.6) is 0 Å². The number of nitrogens with two attached hydrogens (primary N) is 1. The van der Waals surface area contributed by atoms with Gasteiger partial charge in [-0.2, -0.15) is 0 Å². The first kappa shape index (κ1) is 7.52. The van der Waals surface area contributed by atoms with Crippen LogP contribution in [0.3, 0.4) is 0 Å². The molecule has 1 saturated heterocycles. The summed E-state index contributed by atoms with van der Waals surface area (Å²) in [5, 5.41) is 12.9. The standard InChI is InChI=1S/C8H11N3O/c9-7-6(2-1-3-11-7)8(12)4-10-5-8/h1-3,10,12H,4-5H2,(H2,9,11). The maximum absolute atomic E-state index is 9.88. The second-order valence-corrected chi connectivity index (χ2v) is 3.07. The van der Waals surface area contributed by atoms with Crippen molar-refractivity contribution in [2.24, 2.45) is 0 Å². The lowest BCUT2D eigenvalue weighted by Crippen LogP contribution is -2.57. The molecule has 0 saturated carbocycles. The van der Waals surface area contributed by atoms with Crippen molar-refractivity contribution in [2.45, 2.75) is 5.60 Å². The fourth-order valence-electron chi connectivity index (χ4n) is 1.36. The second-order valence-electron chi connectivity index (χ2n) is 3.07. The van der Waals surface area contributed by atoms with Gasteiger partial charge in [-0.1, -0.05) is 6.07 Å². The largest absolute Gasteiger partial charge is 0.383 e. The molecular weight excluding hydrogens is 154 g/mol. The Kier molecular flexibility index (Phi) is 1.52. The van der Waals surface area contributed by atoms with Gasteiger partial charge in [0.25, 0.3) is 0 Å². The summed E-state index contributed by atoms with van der Waals surface area (Å²) in [5.41, 5.74) is 5.55. The van der Waals surface area contributed by atoms with E-state index in [0.29, 0.717) is 18.9 Å². The highest BCUT2D eigenvalue weighted by Crippen LogP contribution is 2.27. The predicted octanol–water partition coefficient (Wildman–Crippen LogP) is -0.545. The zero-order chi connectivity index (χ0) is 8.60. The first-order valence-corrected chi connectivity index (χ1v) is 3.86. The van der Waals surface area contributed by atoms with Gasteiger partial charge in [0.05, 0.1) is 0 Å². The third-order valence-electron chi connectivity index (χ3n) is 2.17. The topological polar surface area (TPSA) is 71.2 Å². The molecule has 64 valence electrons. The Morgan fingerprint density at radius 2 is 2.33 bits per heavy atom. The van der Waals surface area contributed by atoms with Gasteiger partial charge in [-0.25, -0.2) is 4.98 Å². The van der Waals surface area contributed by atoms with E-state index in [0.717, 1.165) is 5.56 Å². The minimum atomic E-state index is -0.793. The van der Waals surface area contributed by atoms with E-state index < -0.39 is 5.60 Å². The van der Waals surface area contributed by atoms with Crippen LogP contribution in [-0.4, -0.2) is 23.2 Å². The first-order valence-electron chi connectivity index (χ1n) is 3.86. The molecule has 0 aliphatic carbocycles. The number of nitrogen functional groups attached to an aromatic ring is 1. The van der Waals surface area contributed by atoms with Crippen LogP contribution in [0.2, 0.25) is 0 Å². The minimum absolute atomic E-state index is 0.418. The van der Waals surface area contributed by atoms with Gasteiger partial charge < -0.3 is 16.2 Å². The molecule has 0 aromatic carbocycles. The predicted molar refractivity (Wildman–Crippen MR) is 45.4 cm³/mol. The summed E-state index contributed by atoms with van der Waals surface area (Å²) in [5.74, 6) is 0.418. The average molecular weight is 165 g/mol. The minimum Gasteiger partial charge on any atom is -0.383 e. The molecule has 0 spiro atoms. The molecule has 2 heterocycles. The third-order valence-corrected chi connectivity index (χ3v) is 2.17. The zero-order valence-electron chi connectivity index (χ0n) is 6.62. The van der Waals surface area contributed by atoms with E-state index in [2.05, 4.69) is 10.3 Å². The number of aliphatic hydroxyl groups is 1. The number of rotatable bonds is 1. The van der Waals surface area contributed by atoms with Gasteiger partial charge in [-0.3, -0.25) is 0 Å². The summed E-state index contributed by atoms with van der Waals surface area (Å²) in [4.78, 5) is 3.92. The first-order chi connectivity index (χ1) is 5.72. The number of nitrogens with one attached hydrogen (secondary N) is 1. The molecule has 1 aromatic heterocycles. The normalized spacial score (nSPS) is 20.1. The quantitative estimate of drug-likeness (QED) is 0.522. The highest BCUT2D eigenvalue weighted by molar-refractivity contribution is 5.44. The van der Waals surface area contributed by atoms with Gasteiger partial charge in [0.15, 0.2) is 0 Å². The van der Waals surface area contributed by atoms with Crippen LogP contribution in [-0.2, 0) is 5.60 Å². The highest BCUT2D eigenvalue weighted by atomic mass is 16.3. The van der Waals surface area contributed by atoms with Gasteiger partial charge in [0.2, 0.25) is 0 Å². The van der Waals surface area contributed by atoms with Gasteiger partial charge in [-0.05, 0) is 6.07 Å². The van der Waals surface area contributed by atoms with Crippen molar-refractivity contribution in [3.63, 3.8) is 0 Å². The monoisotopic (exact) mass is 165 g/mol. The van der Waals surface area contributed by atoms with Crippen LogP contribution in [0.25, 0.3) is 0 Å². The summed E-state index contributed by atoms with van der Waals surface area (Å²) in [7, 11) is 0. The van der Waals surface area contributed by atoms with E-state index in [1.54, 1.807) is 12.3 Å². The molecule has 0 unspecified atom stereocenters. The maximum atomic E-state index is 9.88. The number of pyridine rings is 1. The van der Waals surface area contributed by atoms with Gasteiger partial charge >= 0.3 is 0 Å². The highest BCUT2D eigenvalue weighted by Gasteiger charge is 2.37. The van der Waals surface area contributed by atoms with E-state index in [1.165, 1.54) is 0 Å². The molecule has 4 N–H and O–H groups in total. The molecule has 4 nitrogen and oxygen atoms in total. The number of aromatic nitrogens is 1. The van der Waals surface area contributed by atoms with Crippen molar-refractivity contribution in [1.29, 1.82) is 0 Å². The number of nitrogens with zero attached hydrogens (tertiary/aromatic N) is 1. The van der Waals surface area contributed by atoms with E-state index in [9.17, 15) is 5.11 Å². The number of hydrogen-bond donors (Lipinski definition) is 3. The van der Waals surface area contributed by atoms with E-state index in [-0.39, 0.29) is 0 Å². The molecular formula is C8H11N3O. The van der Waals surface area contributed by atoms with Crippen LogP contribution in [0.4, 0.5) is 5.82 Å². The number of β-amino-alcohol motifs (C(OH)–C–C–N with tert-alkyl or cyclic N) is 1. The number of hydrogen-bond acceptors (Lipinski definition) is 4. The average Bonchev–Trinajstić information content (AvgIpc) is 2.01. The summed E-state index contributed by atoms with van der Waals surface area (Å²) in [6.45, 7) is 1.12. The third kappa shape index (κ3) is 0.964. The lowest BCUT2D eigenvalue weighted by molar-refractivity contribution is -0.0141. The van der Waals surface area contributed by atoms with Crippen molar-refractivity contribution in [3.05, 3.63) is 23.9 Å². The van der Waals surface area contributed by atoms with Crippen molar-refractivity contribution >= 4 is 5.82 Å². The van der Waals surface area contributed by atoms with E-state index >= 15 is 0 Å². The smallest absolute Gasteiger partial charge is 0.129 e. The van der Waals surface area contributed by atoms with Crippen LogP contribution >= 0.6 is 0 Å². The SMILES string of the molecule is Nc1ncccc1C1(O)CNC1. The summed E-state index contributed by atoms with van der Waals surface area (Å²) >= 11 is 0. The molecule has 0 bridgehead atoms. The van der Waals surface area contributed by atoms with Crippen LogP contribution < -0.4 is 11.1 Å². The van der Waals surface area contributed by atoms with Gasteiger partial charge in [-0.15, -0.1) is 0 Å². The Morgan fingerprint density at radius 3 is 2.83 bits per heavy atom. The van der Waals surface area contributed by atoms with E-state index in [1.807, 2.05) is 6.07 Å². The summed E-state index contributed by atoms with van der Waals surface area (Å²) in [6.07, 6.45) is 1.62. The Labute approximate surface area is 70.4 Å². The van der Waals surface area contributed by atoms with Crippen molar-refractivity contribution in [2.75, 3.05) is 18.8 Å². The van der Waals surface area contributed by atoms with Crippen molar-refractivity contribution in [3.8, 4) is 0 Å². The Morgan fingerprint density at radius 1 is 1.58 bits per heavy atom. The Balaban J connectivity index is 2.39. The summed E-state index contributed by atoms with van der Waals surface area (Å²) < 4.78 is 0. The van der Waals surface area contributed by atoms with Crippen LogP contribution in [0, 0.1) is 0 Å². The molecule has 12 heavy (non-hydrogen) atoms. The van der Waals surface area contributed by atoms with Crippen LogP contribution in [0.15, 0.2) is 18.3 Å². The van der Waals surface area contributed by atoms with E-state index in [4.69, 9.17) is 5.73 Å². The molecule has 0 radical (unpaired) electrons. The molecule has 2 rings (SSSR count). The Bertz CT molecular complexity index is 296. The molecule has 4 heteroatoms. The molecule has 1 aliphatic heterocycles. The molecule has 1 aliphatic rings.